The Hall–Kier alpha value is -1.35. The Balaban J connectivity index is 2.78. The van der Waals surface area contributed by atoms with E-state index in [9.17, 15) is 0 Å². The van der Waals surface area contributed by atoms with E-state index in [1.54, 1.807) is 0 Å². The lowest BCUT2D eigenvalue weighted by Gasteiger charge is -2.00. The van der Waals surface area contributed by atoms with Gasteiger partial charge in [0.15, 0.2) is 5.58 Å². The first kappa shape index (κ1) is 9.21. The summed E-state index contributed by atoms with van der Waals surface area (Å²) in [5, 5.41) is 5.04. The van der Waals surface area contributed by atoms with E-state index in [0.29, 0.717) is 0 Å². The van der Waals surface area contributed by atoms with Gasteiger partial charge in [0.25, 0.3) is 0 Å². The van der Waals surface area contributed by atoms with Crippen LogP contribution in [0.1, 0.15) is 29.8 Å². The summed E-state index contributed by atoms with van der Waals surface area (Å²) < 4.78 is 5.27. The molecule has 0 aliphatic rings. The fraction of sp³-hybridized carbons (Fsp3) is 0.364. The molecule has 1 unspecified atom stereocenters. The van der Waals surface area contributed by atoms with Crippen LogP contribution in [0.15, 0.2) is 16.7 Å². The second-order valence-electron chi connectivity index (χ2n) is 3.81. The summed E-state index contributed by atoms with van der Waals surface area (Å²) in [6.45, 7) is 5.99. The van der Waals surface area contributed by atoms with Gasteiger partial charge < -0.3 is 10.3 Å². The van der Waals surface area contributed by atoms with Crippen LogP contribution in [0.25, 0.3) is 11.0 Å². The van der Waals surface area contributed by atoms with Crippen LogP contribution in [0.3, 0.4) is 0 Å². The second-order valence-corrected chi connectivity index (χ2v) is 3.81. The molecule has 1 aromatic heterocycles. The summed E-state index contributed by atoms with van der Waals surface area (Å²) in [5.74, 6) is 0. The average molecular weight is 190 g/mol. The fourth-order valence-corrected chi connectivity index (χ4v) is 1.74. The maximum atomic E-state index is 5.80. The van der Waals surface area contributed by atoms with Crippen molar-refractivity contribution in [1.29, 1.82) is 0 Å². The van der Waals surface area contributed by atoms with Crippen LogP contribution >= 0.6 is 0 Å². The van der Waals surface area contributed by atoms with Gasteiger partial charge in [-0.1, -0.05) is 11.2 Å². The molecule has 0 spiro atoms. The highest BCUT2D eigenvalue weighted by molar-refractivity contribution is 5.83. The van der Waals surface area contributed by atoms with Gasteiger partial charge in [0.2, 0.25) is 0 Å². The number of fused-ring (bicyclic) bond motifs is 1. The molecular formula is C11H14N2O. The number of nitrogens with zero attached hydrogens (tertiary/aromatic N) is 1. The van der Waals surface area contributed by atoms with E-state index in [4.69, 9.17) is 10.3 Å². The van der Waals surface area contributed by atoms with E-state index >= 15 is 0 Å². The molecule has 0 saturated carbocycles. The van der Waals surface area contributed by atoms with Gasteiger partial charge in [-0.05, 0) is 38.0 Å². The van der Waals surface area contributed by atoms with Gasteiger partial charge in [-0.3, -0.25) is 0 Å². The third kappa shape index (κ3) is 1.30. The van der Waals surface area contributed by atoms with Gasteiger partial charge in [0.1, 0.15) is 5.69 Å². The van der Waals surface area contributed by atoms with Crippen molar-refractivity contribution in [2.75, 3.05) is 0 Å². The quantitative estimate of drug-likeness (QED) is 0.751. The van der Waals surface area contributed by atoms with Crippen LogP contribution in [0.5, 0.6) is 0 Å². The SMILES string of the molecule is Cc1cc(C)c2onc(C(C)N)c2c1. The molecule has 1 atom stereocenters. The van der Waals surface area contributed by atoms with Crippen molar-refractivity contribution in [3.05, 3.63) is 29.0 Å². The molecule has 0 bridgehead atoms. The smallest absolute Gasteiger partial charge is 0.170 e. The Morgan fingerprint density at radius 2 is 2.07 bits per heavy atom. The molecule has 1 heterocycles. The van der Waals surface area contributed by atoms with Crippen LogP contribution in [-0.2, 0) is 0 Å². The minimum atomic E-state index is -0.0857. The largest absolute Gasteiger partial charge is 0.356 e. The average Bonchev–Trinajstić information content (AvgIpc) is 2.47. The molecule has 3 heteroatoms. The standard InChI is InChI=1S/C11H14N2O/c1-6-4-7(2)11-9(5-6)10(8(3)12)13-14-11/h4-5,8H,12H2,1-3H3. The summed E-state index contributed by atoms with van der Waals surface area (Å²) in [6, 6.07) is 4.06. The van der Waals surface area contributed by atoms with Crippen LogP contribution < -0.4 is 5.73 Å². The first-order valence-corrected chi connectivity index (χ1v) is 4.71. The predicted molar refractivity (Wildman–Crippen MR) is 56.1 cm³/mol. The highest BCUT2D eigenvalue weighted by atomic mass is 16.5. The van der Waals surface area contributed by atoms with E-state index in [-0.39, 0.29) is 6.04 Å². The van der Waals surface area contributed by atoms with Gasteiger partial charge in [-0.15, -0.1) is 0 Å². The highest BCUT2D eigenvalue weighted by Crippen LogP contribution is 2.26. The first-order chi connectivity index (χ1) is 6.59. The van der Waals surface area contributed by atoms with E-state index < -0.39 is 0 Å². The zero-order valence-corrected chi connectivity index (χ0v) is 8.66. The van der Waals surface area contributed by atoms with Gasteiger partial charge in [0.05, 0.1) is 0 Å². The number of rotatable bonds is 1. The first-order valence-electron chi connectivity index (χ1n) is 4.71. The Morgan fingerprint density at radius 1 is 1.36 bits per heavy atom. The molecule has 1 aromatic carbocycles. The Kier molecular flexibility index (Phi) is 2.04. The third-order valence-corrected chi connectivity index (χ3v) is 2.36. The van der Waals surface area contributed by atoms with Crippen LogP contribution in [0, 0.1) is 13.8 Å². The number of aryl methyl sites for hydroxylation is 2. The van der Waals surface area contributed by atoms with Gasteiger partial charge in [-0.2, -0.15) is 0 Å². The molecule has 2 N–H and O–H groups in total. The molecule has 0 aliphatic carbocycles. The summed E-state index contributed by atoms with van der Waals surface area (Å²) in [6.07, 6.45) is 0. The van der Waals surface area contributed by atoms with Gasteiger partial charge >= 0.3 is 0 Å². The second kappa shape index (κ2) is 3.10. The lowest BCUT2D eigenvalue weighted by molar-refractivity contribution is 0.439. The lowest BCUT2D eigenvalue weighted by Crippen LogP contribution is -2.05. The van der Waals surface area contributed by atoms with Crippen LogP contribution in [-0.4, -0.2) is 5.16 Å². The van der Waals surface area contributed by atoms with E-state index in [0.717, 1.165) is 22.2 Å². The maximum Gasteiger partial charge on any atom is 0.170 e. The molecule has 2 rings (SSSR count). The molecule has 3 nitrogen and oxygen atoms in total. The maximum absolute atomic E-state index is 5.80. The van der Waals surface area contributed by atoms with Crippen molar-refractivity contribution in [1.82, 2.24) is 5.16 Å². The minimum Gasteiger partial charge on any atom is -0.356 e. The van der Waals surface area contributed by atoms with Crippen molar-refractivity contribution < 1.29 is 4.52 Å². The number of nitrogens with two attached hydrogens (primary N) is 1. The molecule has 0 amide bonds. The molecule has 14 heavy (non-hydrogen) atoms. The summed E-state index contributed by atoms with van der Waals surface area (Å²) in [7, 11) is 0. The Morgan fingerprint density at radius 3 is 2.71 bits per heavy atom. The van der Waals surface area contributed by atoms with Crippen molar-refractivity contribution in [2.45, 2.75) is 26.8 Å². The van der Waals surface area contributed by atoms with Crippen LogP contribution in [0.4, 0.5) is 0 Å². The molecule has 0 saturated heterocycles. The normalized spacial score (nSPS) is 13.4. The van der Waals surface area contributed by atoms with Gasteiger partial charge in [-0.25, -0.2) is 0 Å². The van der Waals surface area contributed by atoms with Crippen molar-refractivity contribution in [2.24, 2.45) is 5.73 Å². The monoisotopic (exact) mass is 190 g/mol. The summed E-state index contributed by atoms with van der Waals surface area (Å²) in [4.78, 5) is 0. The molecule has 0 fully saturated rings. The fourth-order valence-electron chi connectivity index (χ4n) is 1.74. The third-order valence-electron chi connectivity index (χ3n) is 2.36. The zero-order valence-electron chi connectivity index (χ0n) is 8.66. The minimum absolute atomic E-state index is 0.0857. The Bertz CT molecular complexity index is 471. The van der Waals surface area contributed by atoms with Crippen LogP contribution in [0.2, 0.25) is 0 Å². The molecule has 0 aliphatic heterocycles. The van der Waals surface area contributed by atoms with Crippen molar-refractivity contribution >= 4 is 11.0 Å². The van der Waals surface area contributed by atoms with E-state index in [1.807, 2.05) is 13.8 Å². The topological polar surface area (TPSA) is 52.0 Å². The molecule has 74 valence electrons. The Labute approximate surface area is 82.9 Å². The zero-order chi connectivity index (χ0) is 10.3. The molecule has 2 aromatic rings. The summed E-state index contributed by atoms with van der Waals surface area (Å²) >= 11 is 0. The highest BCUT2D eigenvalue weighted by Gasteiger charge is 2.13. The van der Waals surface area contributed by atoms with E-state index in [1.165, 1.54) is 5.56 Å². The summed E-state index contributed by atoms with van der Waals surface area (Å²) in [5.41, 5.74) is 9.81. The molecular weight excluding hydrogens is 176 g/mol. The number of benzene rings is 1. The van der Waals surface area contributed by atoms with Crippen molar-refractivity contribution in [3.8, 4) is 0 Å². The van der Waals surface area contributed by atoms with Crippen molar-refractivity contribution in [3.63, 3.8) is 0 Å². The predicted octanol–water partition coefficient (Wildman–Crippen LogP) is 2.46. The molecule has 0 radical (unpaired) electrons. The number of hydrogen-bond acceptors (Lipinski definition) is 3. The lowest BCUT2D eigenvalue weighted by atomic mass is 10.1. The van der Waals surface area contributed by atoms with E-state index in [2.05, 4.69) is 24.2 Å². The van der Waals surface area contributed by atoms with Gasteiger partial charge in [0, 0.05) is 11.4 Å². The number of aromatic nitrogens is 1. The number of hydrogen-bond donors (Lipinski definition) is 1.